The zero-order valence-corrected chi connectivity index (χ0v) is 13.3. The van der Waals surface area contributed by atoms with Gasteiger partial charge in [0.2, 0.25) is 10.0 Å². The van der Waals surface area contributed by atoms with Crippen molar-refractivity contribution in [1.29, 1.82) is 0 Å². The normalized spacial score (nSPS) is 16.5. The Hall–Kier alpha value is -2.33. The zero-order chi connectivity index (χ0) is 16.4. The fraction of sp³-hybridized carbons (Fsp3) is 0.385. The lowest BCUT2D eigenvalue weighted by Gasteiger charge is -2.32. The summed E-state index contributed by atoms with van der Waals surface area (Å²) in [5, 5.41) is 7.97. The number of amides is 1. The van der Waals surface area contributed by atoms with Crippen LogP contribution in [0.5, 0.6) is 0 Å². The van der Waals surface area contributed by atoms with Gasteiger partial charge >= 0.3 is 0 Å². The Labute approximate surface area is 133 Å². The van der Waals surface area contributed by atoms with Crippen LogP contribution in [0.15, 0.2) is 30.9 Å². The van der Waals surface area contributed by atoms with Crippen LogP contribution in [-0.2, 0) is 10.0 Å². The molecule has 0 unspecified atom stereocenters. The molecule has 0 N–H and O–H groups in total. The minimum absolute atomic E-state index is 0.238. The number of carbonyl (C=O) groups excluding carboxylic acids is 1. The van der Waals surface area contributed by atoms with E-state index in [2.05, 4.69) is 15.2 Å². The van der Waals surface area contributed by atoms with Crippen molar-refractivity contribution in [3.63, 3.8) is 0 Å². The molecule has 0 aromatic carbocycles. The average Bonchev–Trinajstić information content (AvgIpc) is 3.08. The molecule has 10 heteroatoms. The zero-order valence-electron chi connectivity index (χ0n) is 12.5. The predicted molar refractivity (Wildman–Crippen MR) is 81.5 cm³/mol. The molecule has 1 aliphatic heterocycles. The molecule has 1 aliphatic rings. The van der Waals surface area contributed by atoms with Crippen molar-refractivity contribution in [3.05, 3.63) is 36.5 Å². The molecule has 0 atom stereocenters. The first kappa shape index (κ1) is 15.6. The van der Waals surface area contributed by atoms with Gasteiger partial charge in [0.05, 0.1) is 6.26 Å². The third-order valence-corrected chi connectivity index (χ3v) is 4.94. The second kappa shape index (κ2) is 6.05. The van der Waals surface area contributed by atoms with Gasteiger partial charge in [0, 0.05) is 38.6 Å². The third-order valence-electron chi connectivity index (χ3n) is 3.63. The SMILES string of the molecule is CS(=O)(=O)N1CCN(C(=O)c2ccc(-n3ccnc3)nn2)CC1. The Bertz CT molecular complexity index is 780. The number of hydrogen-bond acceptors (Lipinski definition) is 6. The first-order valence-corrected chi connectivity index (χ1v) is 8.86. The fourth-order valence-corrected chi connectivity index (χ4v) is 3.18. The first-order chi connectivity index (χ1) is 10.9. The van der Waals surface area contributed by atoms with E-state index in [1.54, 1.807) is 40.3 Å². The smallest absolute Gasteiger partial charge is 0.274 e. The van der Waals surface area contributed by atoms with Gasteiger partial charge in [-0.1, -0.05) is 0 Å². The predicted octanol–water partition coefficient (Wildman–Crippen LogP) is -0.620. The molecule has 1 amide bonds. The van der Waals surface area contributed by atoms with Gasteiger partial charge in [-0.05, 0) is 12.1 Å². The van der Waals surface area contributed by atoms with Crippen molar-refractivity contribution in [1.82, 2.24) is 29.0 Å². The van der Waals surface area contributed by atoms with Gasteiger partial charge in [-0.3, -0.25) is 9.36 Å². The lowest BCUT2D eigenvalue weighted by atomic mass is 10.3. The Morgan fingerprint density at radius 3 is 2.39 bits per heavy atom. The van der Waals surface area contributed by atoms with Crippen molar-refractivity contribution in [2.24, 2.45) is 0 Å². The number of imidazole rings is 1. The van der Waals surface area contributed by atoms with Gasteiger partial charge < -0.3 is 4.90 Å². The van der Waals surface area contributed by atoms with Crippen molar-refractivity contribution >= 4 is 15.9 Å². The highest BCUT2D eigenvalue weighted by molar-refractivity contribution is 7.88. The maximum absolute atomic E-state index is 12.4. The van der Waals surface area contributed by atoms with Gasteiger partial charge in [-0.15, -0.1) is 10.2 Å². The number of hydrogen-bond donors (Lipinski definition) is 0. The van der Waals surface area contributed by atoms with E-state index in [-0.39, 0.29) is 11.6 Å². The van der Waals surface area contributed by atoms with E-state index in [9.17, 15) is 13.2 Å². The fourth-order valence-electron chi connectivity index (χ4n) is 2.36. The molecule has 2 aromatic rings. The van der Waals surface area contributed by atoms with E-state index < -0.39 is 10.0 Å². The van der Waals surface area contributed by atoms with Crippen LogP contribution >= 0.6 is 0 Å². The van der Waals surface area contributed by atoms with Crippen LogP contribution in [0.25, 0.3) is 5.82 Å². The summed E-state index contributed by atoms with van der Waals surface area (Å²) in [7, 11) is -3.21. The number of aromatic nitrogens is 4. The molecular weight excluding hydrogens is 320 g/mol. The minimum Gasteiger partial charge on any atom is -0.335 e. The number of piperazine rings is 1. The highest BCUT2D eigenvalue weighted by Crippen LogP contribution is 2.10. The van der Waals surface area contributed by atoms with Crippen LogP contribution in [0.1, 0.15) is 10.5 Å². The summed E-state index contributed by atoms with van der Waals surface area (Å²) in [6, 6.07) is 3.29. The molecule has 1 saturated heterocycles. The lowest BCUT2D eigenvalue weighted by Crippen LogP contribution is -2.50. The van der Waals surface area contributed by atoms with Gasteiger partial charge in [0.15, 0.2) is 11.5 Å². The molecular formula is C13H16N6O3S. The van der Waals surface area contributed by atoms with E-state index in [1.807, 2.05) is 0 Å². The molecule has 0 saturated carbocycles. The van der Waals surface area contributed by atoms with Crippen LogP contribution in [-0.4, -0.2) is 75.7 Å². The average molecular weight is 336 g/mol. The first-order valence-electron chi connectivity index (χ1n) is 7.01. The highest BCUT2D eigenvalue weighted by atomic mass is 32.2. The van der Waals surface area contributed by atoms with Gasteiger partial charge in [0.1, 0.15) is 6.33 Å². The van der Waals surface area contributed by atoms with Crippen molar-refractivity contribution in [3.8, 4) is 5.82 Å². The Balaban J connectivity index is 1.67. The van der Waals surface area contributed by atoms with Crippen molar-refractivity contribution < 1.29 is 13.2 Å². The second-order valence-electron chi connectivity index (χ2n) is 5.20. The van der Waals surface area contributed by atoms with E-state index in [1.165, 1.54) is 10.6 Å². The summed E-state index contributed by atoms with van der Waals surface area (Å²) in [5.41, 5.74) is 0.238. The quantitative estimate of drug-likeness (QED) is 0.740. The Morgan fingerprint density at radius 1 is 1.13 bits per heavy atom. The van der Waals surface area contributed by atoms with Crippen LogP contribution in [0.2, 0.25) is 0 Å². The Kier molecular flexibility index (Phi) is 4.09. The number of rotatable bonds is 3. The number of sulfonamides is 1. The highest BCUT2D eigenvalue weighted by Gasteiger charge is 2.27. The lowest BCUT2D eigenvalue weighted by molar-refractivity contribution is 0.0691. The third kappa shape index (κ3) is 3.37. The van der Waals surface area contributed by atoms with Gasteiger partial charge in [-0.2, -0.15) is 4.31 Å². The maximum atomic E-state index is 12.4. The minimum atomic E-state index is -3.21. The number of carbonyl (C=O) groups is 1. The van der Waals surface area contributed by atoms with E-state index >= 15 is 0 Å². The second-order valence-corrected chi connectivity index (χ2v) is 7.18. The standard InChI is InChI=1S/C13H16N6O3S/c1-23(21,22)19-8-6-17(7-9-19)13(20)11-2-3-12(16-15-11)18-5-4-14-10-18/h2-5,10H,6-9H2,1H3. The maximum Gasteiger partial charge on any atom is 0.274 e. The Morgan fingerprint density at radius 2 is 1.87 bits per heavy atom. The topological polar surface area (TPSA) is 101 Å². The molecule has 0 aliphatic carbocycles. The molecule has 0 radical (unpaired) electrons. The summed E-state index contributed by atoms with van der Waals surface area (Å²) in [5.74, 6) is 0.323. The largest absolute Gasteiger partial charge is 0.335 e. The van der Waals surface area contributed by atoms with Crippen LogP contribution in [0.3, 0.4) is 0 Å². The summed E-state index contributed by atoms with van der Waals surface area (Å²) in [6.07, 6.45) is 6.12. The summed E-state index contributed by atoms with van der Waals surface area (Å²) < 4.78 is 26.0. The van der Waals surface area contributed by atoms with Crippen LogP contribution in [0, 0.1) is 0 Å². The van der Waals surface area contributed by atoms with Gasteiger partial charge in [-0.25, -0.2) is 13.4 Å². The van der Waals surface area contributed by atoms with Crippen molar-refractivity contribution in [2.45, 2.75) is 0 Å². The summed E-state index contributed by atoms with van der Waals surface area (Å²) >= 11 is 0. The van der Waals surface area contributed by atoms with Gasteiger partial charge in [0.25, 0.3) is 5.91 Å². The van der Waals surface area contributed by atoms with Crippen molar-refractivity contribution in [2.75, 3.05) is 32.4 Å². The molecule has 1 fully saturated rings. The molecule has 3 heterocycles. The molecule has 0 bridgehead atoms. The molecule has 9 nitrogen and oxygen atoms in total. The van der Waals surface area contributed by atoms with E-state index in [4.69, 9.17) is 0 Å². The summed E-state index contributed by atoms with van der Waals surface area (Å²) in [6.45, 7) is 1.28. The number of nitrogens with zero attached hydrogens (tertiary/aromatic N) is 6. The molecule has 3 rings (SSSR count). The van der Waals surface area contributed by atoms with E-state index in [0.29, 0.717) is 32.0 Å². The monoisotopic (exact) mass is 336 g/mol. The van der Waals surface area contributed by atoms with Crippen LogP contribution in [0.4, 0.5) is 0 Å². The van der Waals surface area contributed by atoms with E-state index in [0.717, 1.165) is 0 Å². The van der Waals surface area contributed by atoms with Crippen LogP contribution < -0.4 is 0 Å². The molecule has 23 heavy (non-hydrogen) atoms. The molecule has 0 spiro atoms. The molecule has 122 valence electrons. The molecule has 2 aromatic heterocycles. The summed E-state index contributed by atoms with van der Waals surface area (Å²) in [4.78, 5) is 17.9.